The molecule has 0 bridgehead atoms. The van der Waals surface area contributed by atoms with Crippen molar-refractivity contribution in [3.8, 4) is 0 Å². The minimum absolute atomic E-state index is 0.219. The van der Waals surface area contributed by atoms with E-state index < -0.39 is 0 Å². The van der Waals surface area contributed by atoms with Gasteiger partial charge in [-0.05, 0) is 30.6 Å². The molecule has 0 amide bonds. The third kappa shape index (κ3) is 2.12. The topological polar surface area (TPSA) is 41.6 Å². The smallest absolute Gasteiger partial charge is 0.191 e. The number of aliphatic imine (C=N–C) groups is 1. The van der Waals surface area contributed by atoms with E-state index in [9.17, 15) is 0 Å². The van der Waals surface area contributed by atoms with E-state index in [1.165, 1.54) is 25.7 Å². The highest BCUT2D eigenvalue weighted by Gasteiger charge is 2.52. The van der Waals surface area contributed by atoms with Gasteiger partial charge >= 0.3 is 0 Å². The van der Waals surface area contributed by atoms with Gasteiger partial charge in [0.05, 0.1) is 12.1 Å². The molecule has 0 aromatic carbocycles. The Bertz CT molecular complexity index is 329. The average molecular weight is 251 g/mol. The van der Waals surface area contributed by atoms with Gasteiger partial charge in [0.2, 0.25) is 0 Å². The zero-order chi connectivity index (χ0) is 13.4. The van der Waals surface area contributed by atoms with Gasteiger partial charge in [0, 0.05) is 6.54 Å². The third-order valence-electron chi connectivity index (χ3n) is 4.82. The number of hydrogen-bond donors (Lipinski definition) is 1. The molecule has 2 N–H and O–H groups in total. The van der Waals surface area contributed by atoms with Crippen LogP contribution in [0.2, 0.25) is 0 Å². The molecule has 1 saturated carbocycles. The fourth-order valence-electron chi connectivity index (χ4n) is 4.15. The molecule has 2 atom stereocenters. The zero-order valence-corrected chi connectivity index (χ0v) is 12.5. The van der Waals surface area contributed by atoms with Crippen LogP contribution in [0.15, 0.2) is 4.99 Å². The Hall–Kier alpha value is -0.730. The number of hydrogen-bond acceptors (Lipinski definition) is 3. The van der Waals surface area contributed by atoms with Gasteiger partial charge in [0.25, 0.3) is 0 Å². The fourth-order valence-corrected chi connectivity index (χ4v) is 4.15. The molecule has 0 radical (unpaired) electrons. The summed E-state index contributed by atoms with van der Waals surface area (Å²) in [6.07, 6.45) is 6.43. The highest BCUT2D eigenvalue weighted by atomic mass is 15.4. The van der Waals surface area contributed by atoms with Crippen molar-refractivity contribution in [3.05, 3.63) is 0 Å². The van der Waals surface area contributed by atoms with Crippen LogP contribution in [-0.4, -0.2) is 29.5 Å². The maximum absolute atomic E-state index is 6.15. The number of guanidine groups is 1. The lowest BCUT2D eigenvalue weighted by Gasteiger charge is -2.52. The van der Waals surface area contributed by atoms with Crippen molar-refractivity contribution in [1.82, 2.24) is 4.90 Å². The summed E-state index contributed by atoms with van der Waals surface area (Å²) in [6.45, 7) is 11.3. The van der Waals surface area contributed by atoms with E-state index >= 15 is 0 Å². The van der Waals surface area contributed by atoms with Crippen LogP contribution in [0.3, 0.4) is 0 Å². The maximum Gasteiger partial charge on any atom is 0.191 e. The van der Waals surface area contributed by atoms with Crippen LogP contribution in [0, 0.1) is 11.3 Å². The Balaban J connectivity index is 2.31. The molecule has 1 aliphatic carbocycles. The molecular weight excluding hydrogens is 222 g/mol. The van der Waals surface area contributed by atoms with Crippen LogP contribution in [0.4, 0.5) is 0 Å². The van der Waals surface area contributed by atoms with Gasteiger partial charge in [-0.2, -0.15) is 0 Å². The van der Waals surface area contributed by atoms with E-state index in [0.29, 0.717) is 11.3 Å². The number of nitrogens with zero attached hydrogens (tertiary/aromatic N) is 2. The normalized spacial score (nSPS) is 33.0. The standard InChI is InChI=1S/C15H29N3/c1-5-10-18-13(16)17-11-15(18)9-7-6-8-12(15)14(2,3)4/h12H,5-11H2,1-4H3,(H2,16,17). The quantitative estimate of drug-likeness (QED) is 0.819. The average Bonchev–Trinajstić information content (AvgIpc) is 2.59. The van der Waals surface area contributed by atoms with E-state index in [0.717, 1.165) is 25.5 Å². The summed E-state index contributed by atoms with van der Waals surface area (Å²) in [6, 6.07) is 0. The molecule has 2 rings (SSSR count). The van der Waals surface area contributed by atoms with E-state index in [1.54, 1.807) is 0 Å². The van der Waals surface area contributed by atoms with Crippen LogP contribution in [0.1, 0.15) is 59.8 Å². The van der Waals surface area contributed by atoms with Crippen molar-refractivity contribution in [2.45, 2.75) is 65.3 Å². The summed E-state index contributed by atoms with van der Waals surface area (Å²) in [4.78, 5) is 7.03. The molecule has 3 heteroatoms. The second-order valence-corrected chi connectivity index (χ2v) is 7.09. The third-order valence-corrected chi connectivity index (χ3v) is 4.82. The Kier molecular flexibility index (Phi) is 3.61. The first-order valence-electron chi connectivity index (χ1n) is 7.49. The lowest BCUT2D eigenvalue weighted by molar-refractivity contribution is 0.00643. The first kappa shape index (κ1) is 13.7. The van der Waals surface area contributed by atoms with Crippen LogP contribution < -0.4 is 5.73 Å². The van der Waals surface area contributed by atoms with E-state index in [4.69, 9.17) is 5.73 Å². The molecule has 1 fully saturated rings. The van der Waals surface area contributed by atoms with Gasteiger partial charge in [-0.25, -0.2) is 0 Å². The fraction of sp³-hybridized carbons (Fsp3) is 0.933. The predicted molar refractivity (Wildman–Crippen MR) is 77.6 cm³/mol. The lowest BCUT2D eigenvalue weighted by Crippen LogP contribution is -2.60. The first-order chi connectivity index (χ1) is 8.42. The lowest BCUT2D eigenvalue weighted by atomic mass is 9.61. The molecule has 2 unspecified atom stereocenters. The largest absolute Gasteiger partial charge is 0.370 e. The summed E-state index contributed by atoms with van der Waals surface area (Å²) >= 11 is 0. The zero-order valence-electron chi connectivity index (χ0n) is 12.5. The number of nitrogens with two attached hydrogens (primary N) is 1. The van der Waals surface area contributed by atoms with E-state index in [1.807, 2.05) is 0 Å². The van der Waals surface area contributed by atoms with Gasteiger partial charge in [-0.1, -0.05) is 40.5 Å². The van der Waals surface area contributed by atoms with Crippen molar-refractivity contribution < 1.29 is 0 Å². The first-order valence-corrected chi connectivity index (χ1v) is 7.49. The summed E-state index contributed by atoms with van der Waals surface area (Å²) in [7, 11) is 0. The minimum Gasteiger partial charge on any atom is -0.370 e. The molecule has 0 saturated heterocycles. The highest BCUT2D eigenvalue weighted by Crippen LogP contribution is 2.49. The Morgan fingerprint density at radius 1 is 1.39 bits per heavy atom. The Morgan fingerprint density at radius 3 is 2.72 bits per heavy atom. The van der Waals surface area contributed by atoms with Crippen LogP contribution >= 0.6 is 0 Å². The van der Waals surface area contributed by atoms with Crippen LogP contribution in [0.5, 0.6) is 0 Å². The van der Waals surface area contributed by atoms with Crippen molar-refractivity contribution in [2.75, 3.05) is 13.1 Å². The van der Waals surface area contributed by atoms with Crippen LogP contribution in [-0.2, 0) is 0 Å². The second-order valence-electron chi connectivity index (χ2n) is 7.09. The molecule has 1 heterocycles. The van der Waals surface area contributed by atoms with Gasteiger partial charge < -0.3 is 10.6 Å². The number of rotatable bonds is 2. The summed E-state index contributed by atoms with van der Waals surface area (Å²) < 4.78 is 0. The van der Waals surface area contributed by atoms with Crippen molar-refractivity contribution in [3.63, 3.8) is 0 Å². The SMILES string of the molecule is CCCN1C(N)=NCC12CCCCC2C(C)(C)C. The van der Waals surface area contributed by atoms with Gasteiger partial charge in [-0.3, -0.25) is 4.99 Å². The monoisotopic (exact) mass is 251 g/mol. The molecule has 2 aliphatic rings. The minimum atomic E-state index is 0.219. The van der Waals surface area contributed by atoms with Gasteiger partial charge in [0.15, 0.2) is 5.96 Å². The molecular formula is C15H29N3. The predicted octanol–water partition coefficient (Wildman–Crippen LogP) is 3.00. The second kappa shape index (κ2) is 4.75. The Labute approximate surface area is 112 Å². The summed E-state index contributed by atoms with van der Waals surface area (Å²) in [5.41, 5.74) is 6.71. The molecule has 1 spiro atoms. The molecule has 18 heavy (non-hydrogen) atoms. The van der Waals surface area contributed by atoms with Gasteiger partial charge in [0.1, 0.15) is 0 Å². The molecule has 104 valence electrons. The molecule has 1 aliphatic heterocycles. The highest BCUT2D eigenvalue weighted by molar-refractivity contribution is 5.81. The molecule has 0 aromatic rings. The maximum atomic E-state index is 6.15. The van der Waals surface area contributed by atoms with Crippen molar-refractivity contribution in [1.29, 1.82) is 0 Å². The van der Waals surface area contributed by atoms with Crippen molar-refractivity contribution >= 4 is 5.96 Å². The summed E-state index contributed by atoms with van der Waals surface area (Å²) in [5.74, 6) is 1.49. The van der Waals surface area contributed by atoms with E-state index in [2.05, 4.69) is 37.6 Å². The molecule has 3 nitrogen and oxygen atoms in total. The van der Waals surface area contributed by atoms with Crippen molar-refractivity contribution in [2.24, 2.45) is 22.1 Å². The van der Waals surface area contributed by atoms with Gasteiger partial charge in [-0.15, -0.1) is 0 Å². The Morgan fingerprint density at radius 2 is 2.11 bits per heavy atom. The van der Waals surface area contributed by atoms with Crippen LogP contribution in [0.25, 0.3) is 0 Å². The van der Waals surface area contributed by atoms with E-state index in [-0.39, 0.29) is 5.54 Å². The molecule has 0 aromatic heterocycles. The summed E-state index contributed by atoms with van der Waals surface area (Å²) in [5, 5.41) is 0.